The van der Waals surface area contributed by atoms with Crippen molar-refractivity contribution in [2.75, 3.05) is 17.2 Å². The topological polar surface area (TPSA) is 84.5 Å². The van der Waals surface area contributed by atoms with Crippen LogP contribution in [0.5, 0.6) is 0 Å². The van der Waals surface area contributed by atoms with Crippen molar-refractivity contribution in [3.63, 3.8) is 0 Å². The van der Waals surface area contributed by atoms with E-state index in [9.17, 15) is 14.4 Å². The van der Waals surface area contributed by atoms with Gasteiger partial charge in [0.1, 0.15) is 5.00 Å². The number of thiophene rings is 1. The molecule has 0 aliphatic heterocycles. The molecule has 0 spiro atoms. The van der Waals surface area contributed by atoms with E-state index in [2.05, 4.69) is 10.6 Å². The molecule has 8 heteroatoms. The van der Waals surface area contributed by atoms with Gasteiger partial charge < -0.3 is 15.4 Å². The molecule has 0 fully saturated rings. The molecule has 1 aliphatic rings. The van der Waals surface area contributed by atoms with E-state index in [1.807, 2.05) is 0 Å². The first-order chi connectivity index (χ1) is 13.4. The minimum absolute atomic E-state index is 0.274. The zero-order chi connectivity index (χ0) is 20.1. The maximum Gasteiger partial charge on any atom is 0.303 e. The maximum atomic E-state index is 13.0. The Hall–Kier alpha value is -2.38. The van der Waals surface area contributed by atoms with Crippen LogP contribution in [0, 0.1) is 0 Å². The van der Waals surface area contributed by atoms with E-state index in [1.54, 1.807) is 24.3 Å². The van der Waals surface area contributed by atoms with Crippen LogP contribution >= 0.6 is 22.9 Å². The number of hydrogen-bond donors (Lipinski definition) is 2. The molecule has 0 atom stereocenters. The van der Waals surface area contributed by atoms with Gasteiger partial charge in [-0.3, -0.25) is 14.4 Å². The lowest BCUT2D eigenvalue weighted by Crippen LogP contribution is -2.22. The van der Waals surface area contributed by atoms with Crippen LogP contribution in [-0.4, -0.2) is 24.4 Å². The van der Waals surface area contributed by atoms with E-state index in [4.69, 9.17) is 16.3 Å². The molecule has 148 valence electrons. The Kier molecular flexibility index (Phi) is 6.70. The van der Waals surface area contributed by atoms with Crippen molar-refractivity contribution in [1.29, 1.82) is 0 Å². The fourth-order valence-electron chi connectivity index (χ4n) is 3.13. The number of carbonyl (C=O) groups excluding carboxylic acids is 3. The zero-order valence-corrected chi connectivity index (χ0v) is 17.0. The summed E-state index contributed by atoms with van der Waals surface area (Å²) in [5, 5.41) is 6.70. The average Bonchev–Trinajstić information content (AvgIpc) is 2.82. The summed E-state index contributed by atoms with van der Waals surface area (Å²) in [6.45, 7) is 0.863. The molecular formula is C20H21ClN2O4S. The molecule has 2 amide bonds. The van der Waals surface area contributed by atoms with E-state index < -0.39 is 11.9 Å². The van der Waals surface area contributed by atoms with Crippen LogP contribution in [0.1, 0.15) is 47.0 Å². The monoisotopic (exact) mass is 420 g/mol. The smallest absolute Gasteiger partial charge is 0.303 e. The molecule has 1 aromatic heterocycles. The van der Waals surface area contributed by atoms with E-state index in [0.717, 1.165) is 42.5 Å². The van der Waals surface area contributed by atoms with Crippen LogP contribution in [0.2, 0.25) is 5.02 Å². The number of fused-ring (bicyclic) bond motifs is 1. The number of anilines is 2. The number of rotatable bonds is 5. The second-order valence-corrected chi connectivity index (χ2v) is 8.10. The Balaban J connectivity index is 1.86. The van der Waals surface area contributed by atoms with Crippen molar-refractivity contribution >= 4 is 51.4 Å². The Morgan fingerprint density at radius 3 is 2.50 bits per heavy atom. The molecule has 0 saturated heterocycles. The van der Waals surface area contributed by atoms with E-state index in [-0.39, 0.29) is 12.5 Å². The molecule has 6 nitrogen and oxygen atoms in total. The Morgan fingerprint density at radius 2 is 1.79 bits per heavy atom. The molecule has 2 aromatic rings. The van der Waals surface area contributed by atoms with Gasteiger partial charge in [-0.2, -0.15) is 0 Å². The fourth-order valence-corrected chi connectivity index (χ4v) is 4.56. The van der Waals surface area contributed by atoms with Crippen LogP contribution in [0.25, 0.3) is 0 Å². The standard InChI is InChI=1S/C20H21ClN2O4S/c1-12(24)27-11-17(25)23-20-18(15-5-3-2-4-6-16(15)28-20)19(26)22-14-9-7-13(21)8-10-14/h7-10H,2-6,11H2,1H3,(H,22,26)(H,23,25). The summed E-state index contributed by atoms with van der Waals surface area (Å²) in [7, 11) is 0. The number of aryl methyl sites for hydroxylation is 1. The largest absolute Gasteiger partial charge is 0.456 e. The molecule has 2 N–H and O–H groups in total. The Morgan fingerprint density at radius 1 is 1.07 bits per heavy atom. The first-order valence-electron chi connectivity index (χ1n) is 9.08. The molecule has 0 saturated carbocycles. The number of benzene rings is 1. The Labute approximate surface area is 172 Å². The number of carbonyl (C=O) groups is 3. The molecule has 3 rings (SSSR count). The molecule has 0 bridgehead atoms. The lowest BCUT2D eigenvalue weighted by Gasteiger charge is -2.10. The molecule has 0 unspecified atom stereocenters. The van der Waals surface area contributed by atoms with Crippen LogP contribution in [0.3, 0.4) is 0 Å². The maximum absolute atomic E-state index is 13.0. The highest BCUT2D eigenvalue weighted by atomic mass is 35.5. The fraction of sp³-hybridized carbons (Fsp3) is 0.350. The minimum Gasteiger partial charge on any atom is -0.456 e. The number of nitrogens with one attached hydrogen (secondary N) is 2. The first-order valence-corrected chi connectivity index (χ1v) is 10.3. The summed E-state index contributed by atoms with van der Waals surface area (Å²) in [4.78, 5) is 37.2. The number of esters is 1. The van der Waals surface area contributed by atoms with Crippen molar-refractivity contribution in [2.45, 2.75) is 39.0 Å². The lowest BCUT2D eigenvalue weighted by atomic mass is 10.0. The van der Waals surface area contributed by atoms with Crippen molar-refractivity contribution in [2.24, 2.45) is 0 Å². The summed E-state index contributed by atoms with van der Waals surface area (Å²) < 4.78 is 4.75. The van der Waals surface area contributed by atoms with Gasteiger partial charge in [-0.1, -0.05) is 18.0 Å². The van der Waals surface area contributed by atoms with Gasteiger partial charge in [0.15, 0.2) is 6.61 Å². The number of halogens is 1. The van der Waals surface area contributed by atoms with Crippen LogP contribution in [0.4, 0.5) is 10.7 Å². The zero-order valence-electron chi connectivity index (χ0n) is 15.5. The van der Waals surface area contributed by atoms with Crippen LogP contribution < -0.4 is 10.6 Å². The SMILES string of the molecule is CC(=O)OCC(=O)Nc1sc2c(c1C(=O)Nc1ccc(Cl)cc1)CCCCC2. The average molecular weight is 421 g/mol. The van der Waals surface area contributed by atoms with Crippen molar-refractivity contribution < 1.29 is 19.1 Å². The quantitative estimate of drug-likeness (QED) is 0.553. The van der Waals surface area contributed by atoms with Gasteiger partial charge in [0.2, 0.25) is 0 Å². The van der Waals surface area contributed by atoms with E-state index >= 15 is 0 Å². The van der Waals surface area contributed by atoms with Crippen molar-refractivity contribution in [3.05, 3.63) is 45.3 Å². The number of ether oxygens (including phenoxy) is 1. The minimum atomic E-state index is -0.530. The highest BCUT2D eigenvalue weighted by molar-refractivity contribution is 7.17. The summed E-state index contributed by atoms with van der Waals surface area (Å²) >= 11 is 7.33. The third-order valence-corrected chi connectivity index (χ3v) is 5.87. The molecule has 1 heterocycles. The molecule has 1 aromatic carbocycles. The highest BCUT2D eigenvalue weighted by Gasteiger charge is 2.26. The second-order valence-electron chi connectivity index (χ2n) is 6.56. The summed E-state index contributed by atoms with van der Waals surface area (Å²) in [5.74, 6) is -1.27. The number of amides is 2. The Bertz CT molecular complexity index is 892. The van der Waals surface area contributed by atoms with Gasteiger partial charge in [-0.25, -0.2) is 0 Å². The summed E-state index contributed by atoms with van der Waals surface area (Å²) in [5.41, 5.74) is 2.12. The van der Waals surface area contributed by atoms with Gasteiger partial charge in [0.25, 0.3) is 11.8 Å². The second kappa shape index (κ2) is 9.21. The van der Waals surface area contributed by atoms with Crippen molar-refractivity contribution in [3.8, 4) is 0 Å². The predicted octanol–water partition coefficient (Wildman–Crippen LogP) is 4.42. The third-order valence-electron chi connectivity index (χ3n) is 4.41. The van der Waals surface area contributed by atoms with Gasteiger partial charge in [0.05, 0.1) is 5.56 Å². The van der Waals surface area contributed by atoms with E-state index in [0.29, 0.717) is 21.3 Å². The molecule has 1 aliphatic carbocycles. The van der Waals surface area contributed by atoms with Gasteiger partial charge >= 0.3 is 5.97 Å². The van der Waals surface area contributed by atoms with Gasteiger partial charge in [-0.05, 0) is 55.5 Å². The van der Waals surface area contributed by atoms with Gasteiger partial charge in [0, 0.05) is 22.5 Å². The third kappa shape index (κ3) is 5.11. The van der Waals surface area contributed by atoms with Gasteiger partial charge in [-0.15, -0.1) is 11.3 Å². The molecular weight excluding hydrogens is 400 g/mol. The summed E-state index contributed by atoms with van der Waals surface area (Å²) in [6.07, 6.45) is 4.88. The summed E-state index contributed by atoms with van der Waals surface area (Å²) in [6, 6.07) is 6.86. The van der Waals surface area contributed by atoms with E-state index in [1.165, 1.54) is 18.3 Å². The highest BCUT2D eigenvalue weighted by Crippen LogP contribution is 2.38. The predicted molar refractivity (Wildman–Crippen MR) is 110 cm³/mol. The van der Waals surface area contributed by atoms with Crippen molar-refractivity contribution in [1.82, 2.24) is 0 Å². The molecule has 0 radical (unpaired) electrons. The van der Waals surface area contributed by atoms with Crippen LogP contribution in [0.15, 0.2) is 24.3 Å². The normalized spacial score (nSPS) is 13.2. The van der Waals surface area contributed by atoms with Crippen LogP contribution in [-0.2, 0) is 27.2 Å². The number of hydrogen-bond acceptors (Lipinski definition) is 5. The first kappa shape index (κ1) is 20.4. The lowest BCUT2D eigenvalue weighted by molar-refractivity contribution is -0.144. The molecule has 28 heavy (non-hydrogen) atoms.